The topological polar surface area (TPSA) is 43.9 Å². The van der Waals surface area contributed by atoms with Crippen LogP contribution >= 0.6 is 11.6 Å². The average molecular weight is 206 g/mol. The first-order valence-electron chi connectivity index (χ1n) is 4.08. The zero-order chi connectivity index (χ0) is 10.1. The van der Waals surface area contributed by atoms with Crippen molar-refractivity contribution in [3.05, 3.63) is 40.3 Å². The molecule has 0 fully saturated rings. The Kier molecular flexibility index (Phi) is 2.06. The van der Waals surface area contributed by atoms with Crippen LogP contribution in [0.3, 0.4) is 0 Å². The summed E-state index contributed by atoms with van der Waals surface area (Å²) in [6, 6.07) is 7.01. The van der Waals surface area contributed by atoms with Crippen molar-refractivity contribution in [3.8, 4) is 6.07 Å². The predicted molar refractivity (Wildman–Crippen MR) is 53.1 cm³/mol. The van der Waals surface area contributed by atoms with Gasteiger partial charge in [0, 0.05) is 21.8 Å². The van der Waals surface area contributed by atoms with Crippen molar-refractivity contribution in [2.24, 2.45) is 0 Å². The summed E-state index contributed by atoms with van der Waals surface area (Å²) in [4.78, 5) is 11.4. The first kappa shape index (κ1) is 8.92. The van der Waals surface area contributed by atoms with Gasteiger partial charge in [-0.05, 0) is 6.07 Å². The number of nitrogens with zero attached hydrogens (tertiary/aromatic N) is 2. The monoisotopic (exact) mass is 205 g/mol. The molecule has 0 radical (unpaired) electrons. The maximum absolute atomic E-state index is 11.4. The van der Waals surface area contributed by atoms with Gasteiger partial charge in [-0.3, -0.25) is 0 Å². The third kappa shape index (κ3) is 1.21. The van der Waals surface area contributed by atoms with Crippen molar-refractivity contribution < 1.29 is 4.76 Å². The Labute approximate surface area is 85.8 Å². The molecule has 1 aliphatic heterocycles. The number of rotatable bonds is 0. The van der Waals surface area contributed by atoms with Gasteiger partial charge in [0.2, 0.25) is 6.54 Å². The van der Waals surface area contributed by atoms with Crippen molar-refractivity contribution in [2.45, 2.75) is 0 Å². The van der Waals surface area contributed by atoms with Crippen molar-refractivity contribution in [3.63, 3.8) is 0 Å². The number of nitriles is 1. The van der Waals surface area contributed by atoms with Gasteiger partial charge in [-0.25, -0.2) is 0 Å². The Hall–Kier alpha value is -1.66. The van der Waals surface area contributed by atoms with Crippen molar-refractivity contribution in [1.29, 1.82) is 5.26 Å². The van der Waals surface area contributed by atoms with E-state index in [0.29, 0.717) is 21.8 Å². The van der Waals surface area contributed by atoms with Crippen LogP contribution in [0.5, 0.6) is 0 Å². The van der Waals surface area contributed by atoms with Gasteiger partial charge in [0.05, 0.1) is 16.2 Å². The number of nitroso groups, excluding NO2 is 1. The van der Waals surface area contributed by atoms with Gasteiger partial charge in [-0.1, -0.05) is 17.7 Å². The van der Waals surface area contributed by atoms with E-state index in [1.165, 1.54) is 0 Å². The second-order valence-electron chi connectivity index (χ2n) is 2.92. The molecule has 0 aromatic heterocycles. The summed E-state index contributed by atoms with van der Waals surface area (Å²) in [6.45, 7) is 0.237. The highest BCUT2D eigenvalue weighted by molar-refractivity contribution is 6.49. The highest BCUT2D eigenvalue weighted by Gasteiger charge is 2.27. The minimum absolute atomic E-state index is 0.237. The van der Waals surface area contributed by atoms with E-state index in [1.807, 2.05) is 6.07 Å². The molecule has 0 spiro atoms. The van der Waals surface area contributed by atoms with Gasteiger partial charge in [-0.2, -0.15) is 5.26 Å². The Morgan fingerprint density at radius 3 is 3.00 bits per heavy atom. The normalized spacial score (nSPS) is 14.3. The van der Waals surface area contributed by atoms with E-state index in [-0.39, 0.29) is 6.54 Å². The largest absolute Gasteiger partial charge is 0.266 e. The molecule has 1 heterocycles. The second-order valence-corrected chi connectivity index (χ2v) is 3.33. The first-order valence-corrected chi connectivity index (χ1v) is 4.45. The molecule has 0 saturated heterocycles. The Bertz CT molecular complexity index is 485. The van der Waals surface area contributed by atoms with Crippen LogP contribution in [0.25, 0.3) is 5.03 Å². The SMILES string of the molecule is N#Cc1cccc2c1C(Cl)=CC[N+]2=O. The van der Waals surface area contributed by atoms with E-state index in [4.69, 9.17) is 16.9 Å². The van der Waals surface area contributed by atoms with Crippen LogP contribution in [-0.2, 0) is 0 Å². The molecule has 0 saturated carbocycles. The fourth-order valence-electron chi connectivity index (χ4n) is 1.46. The lowest BCUT2D eigenvalue weighted by Crippen LogP contribution is -2.08. The summed E-state index contributed by atoms with van der Waals surface area (Å²) in [5.41, 5.74) is 1.44. The smallest absolute Gasteiger partial charge is 0.192 e. The Morgan fingerprint density at radius 1 is 1.50 bits per heavy atom. The number of halogens is 1. The maximum Gasteiger partial charge on any atom is 0.266 e. The highest BCUT2D eigenvalue weighted by atomic mass is 35.5. The summed E-state index contributed by atoms with van der Waals surface area (Å²) in [7, 11) is 0. The molecule has 3 nitrogen and oxygen atoms in total. The van der Waals surface area contributed by atoms with Crippen LogP contribution < -0.4 is 0 Å². The van der Waals surface area contributed by atoms with E-state index in [1.54, 1.807) is 24.3 Å². The predicted octanol–water partition coefficient (Wildman–Crippen LogP) is 2.56. The lowest BCUT2D eigenvalue weighted by molar-refractivity contribution is -0.452. The van der Waals surface area contributed by atoms with Gasteiger partial charge >= 0.3 is 0 Å². The fourth-order valence-corrected chi connectivity index (χ4v) is 1.72. The molecule has 0 amide bonds. The minimum atomic E-state index is 0.237. The second kappa shape index (κ2) is 3.24. The van der Waals surface area contributed by atoms with E-state index in [9.17, 15) is 4.91 Å². The molecule has 1 aliphatic rings. The van der Waals surface area contributed by atoms with Crippen LogP contribution in [0.4, 0.5) is 5.69 Å². The molecule has 0 bridgehead atoms. The van der Waals surface area contributed by atoms with Crippen LogP contribution in [0.1, 0.15) is 11.1 Å². The summed E-state index contributed by atoms with van der Waals surface area (Å²) >= 11 is 5.94. The average Bonchev–Trinajstić information content (AvgIpc) is 2.23. The molecular formula is C10H6ClN2O+. The zero-order valence-corrected chi connectivity index (χ0v) is 7.95. The Balaban J connectivity index is 2.77. The van der Waals surface area contributed by atoms with Crippen molar-refractivity contribution >= 4 is 22.3 Å². The number of fused-ring (bicyclic) bond motifs is 1. The number of hydrogen-bond donors (Lipinski definition) is 0. The molecule has 1 aromatic carbocycles. The van der Waals surface area contributed by atoms with Gasteiger partial charge < -0.3 is 0 Å². The summed E-state index contributed by atoms with van der Waals surface area (Å²) < 4.78 is 0.821. The van der Waals surface area contributed by atoms with E-state index >= 15 is 0 Å². The molecule has 1 aromatic rings. The third-order valence-electron chi connectivity index (χ3n) is 2.11. The summed E-state index contributed by atoms with van der Waals surface area (Å²) in [5, 5.41) is 9.32. The minimum Gasteiger partial charge on any atom is -0.192 e. The van der Waals surface area contributed by atoms with Crippen LogP contribution in [0, 0.1) is 16.2 Å². The van der Waals surface area contributed by atoms with Crippen LogP contribution in [-0.4, -0.2) is 11.3 Å². The lowest BCUT2D eigenvalue weighted by atomic mass is 10.0. The van der Waals surface area contributed by atoms with Crippen LogP contribution in [0.15, 0.2) is 24.3 Å². The molecule has 0 N–H and O–H groups in total. The number of hydrogen-bond acceptors (Lipinski definition) is 2. The quantitative estimate of drug-likeness (QED) is 0.611. The molecule has 68 valence electrons. The maximum atomic E-state index is 11.4. The van der Waals surface area contributed by atoms with E-state index in [2.05, 4.69) is 0 Å². The lowest BCUT2D eigenvalue weighted by Gasteiger charge is -2.07. The van der Waals surface area contributed by atoms with E-state index in [0.717, 1.165) is 4.76 Å². The van der Waals surface area contributed by atoms with E-state index < -0.39 is 0 Å². The fraction of sp³-hybridized carbons (Fsp3) is 0.100. The zero-order valence-electron chi connectivity index (χ0n) is 7.20. The van der Waals surface area contributed by atoms with Gasteiger partial charge in [-0.15, -0.1) is 0 Å². The molecule has 0 aliphatic carbocycles. The van der Waals surface area contributed by atoms with Gasteiger partial charge in [0.15, 0.2) is 0 Å². The van der Waals surface area contributed by atoms with Crippen LogP contribution in [0.2, 0.25) is 0 Å². The van der Waals surface area contributed by atoms with Crippen molar-refractivity contribution in [2.75, 3.05) is 6.54 Å². The third-order valence-corrected chi connectivity index (χ3v) is 2.45. The highest BCUT2D eigenvalue weighted by Crippen LogP contribution is 2.34. The molecule has 0 atom stereocenters. The Morgan fingerprint density at radius 2 is 2.29 bits per heavy atom. The number of benzene rings is 1. The van der Waals surface area contributed by atoms with Gasteiger partial charge in [0.1, 0.15) is 6.07 Å². The van der Waals surface area contributed by atoms with Crippen molar-refractivity contribution in [1.82, 2.24) is 0 Å². The summed E-state index contributed by atoms with van der Waals surface area (Å²) in [6.07, 6.45) is 1.61. The molecular weight excluding hydrogens is 200 g/mol. The molecule has 2 rings (SSSR count). The molecule has 4 heteroatoms. The first-order chi connectivity index (χ1) is 6.74. The van der Waals surface area contributed by atoms with Gasteiger partial charge in [0.25, 0.3) is 5.69 Å². The standard InChI is InChI=1S/C10H6ClN2O/c11-8-4-5-13(14)9-3-1-2-7(6-12)10(8)9/h1-4H,5H2/q+1. The summed E-state index contributed by atoms with van der Waals surface area (Å²) in [5.74, 6) is 0. The molecule has 14 heavy (non-hydrogen) atoms. The molecule has 0 unspecified atom stereocenters.